The Morgan fingerprint density at radius 2 is 2.13 bits per heavy atom. The van der Waals surface area contributed by atoms with Crippen molar-refractivity contribution in [2.75, 3.05) is 39.5 Å². The molecule has 1 atom stereocenters. The van der Waals surface area contributed by atoms with Crippen LogP contribution in [0.5, 0.6) is 0 Å². The maximum atomic E-state index is 5.55. The molecule has 1 saturated carbocycles. The molecule has 2 fully saturated rings. The van der Waals surface area contributed by atoms with E-state index in [1.807, 2.05) is 0 Å². The van der Waals surface area contributed by atoms with Crippen LogP contribution in [0.1, 0.15) is 25.7 Å². The molecule has 2 rings (SSSR count). The molecule has 0 spiro atoms. The minimum absolute atomic E-state index is 0.724. The third-order valence-corrected chi connectivity index (χ3v) is 3.16. The van der Waals surface area contributed by atoms with Gasteiger partial charge in [-0.15, -0.1) is 0 Å². The number of hydrogen-bond donors (Lipinski definition) is 1. The Kier molecular flexibility index (Phi) is 4.90. The van der Waals surface area contributed by atoms with Crippen LogP contribution in [-0.4, -0.2) is 39.5 Å². The van der Waals surface area contributed by atoms with Gasteiger partial charge in [-0.1, -0.05) is 0 Å². The molecule has 3 nitrogen and oxygen atoms in total. The molecule has 0 aromatic carbocycles. The first-order valence-corrected chi connectivity index (χ1v) is 6.31. The molecule has 1 saturated heterocycles. The molecule has 0 radical (unpaired) electrons. The highest BCUT2D eigenvalue weighted by Crippen LogP contribution is 2.28. The van der Waals surface area contributed by atoms with Gasteiger partial charge >= 0.3 is 0 Å². The van der Waals surface area contributed by atoms with Crippen molar-refractivity contribution in [3.63, 3.8) is 0 Å². The highest BCUT2D eigenvalue weighted by Gasteiger charge is 2.20. The van der Waals surface area contributed by atoms with Crippen LogP contribution in [0.2, 0.25) is 0 Å². The quantitative estimate of drug-likeness (QED) is 0.649. The summed E-state index contributed by atoms with van der Waals surface area (Å²) in [4.78, 5) is 0. The van der Waals surface area contributed by atoms with Crippen molar-refractivity contribution in [1.82, 2.24) is 5.32 Å². The average molecular weight is 213 g/mol. The van der Waals surface area contributed by atoms with E-state index in [1.165, 1.54) is 25.7 Å². The summed E-state index contributed by atoms with van der Waals surface area (Å²) in [5.74, 6) is 1.61. The van der Waals surface area contributed by atoms with Gasteiger partial charge in [0.2, 0.25) is 0 Å². The molecule has 15 heavy (non-hydrogen) atoms. The molecule has 0 aromatic rings. The second-order valence-electron chi connectivity index (χ2n) is 4.81. The van der Waals surface area contributed by atoms with Gasteiger partial charge in [0, 0.05) is 26.3 Å². The predicted molar refractivity (Wildman–Crippen MR) is 60.0 cm³/mol. The summed E-state index contributed by atoms with van der Waals surface area (Å²) in [5, 5.41) is 3.44. The lowest BCUT2D eigenvalue weighted by molar-refractivity contribution is 0.0534. The Labute approximate surface area is 92.5 Å². The summed E-state index contributed by atoms with van der Waals surface area (Å²) in [5.41, 5.74) is 0. The second kappa shape index (κ2) is 6.46. The molecule has 1 unspecified atom stereocenters. The first kappa shape index (κ1) is 11.4. The normalized spacial score (nSPS) is 26.8. The second-order valence-corrected chi connectivity index (χ2v) is 4.81. The fraction of sp³-hybridized carbons (Fsp3) is 1.00. The van der Waals surface area contributed by atoms with Gasteiger partial charge < -0.3 is 14.8 Å². The van der Waals surface area contributed by atoms with E-state index in [0.29, 0.717) is 0 Å². The van der Waals surface area contributed by atoms with E-state index in [-0.39, 0.29) is 0 Å². The molecule has 88 valence electrons. The van der Waals surface area contributed by atoms with E-state index >= 15 is 0 Å². The lowest BCUT2D eigenvalue weighted by Gasteiger charge is -2.22. The summed E-state index contributed by atoms with van der Waals surface area (Å²) >= 11 is 0. The van der Waals surface area contributed by atoms with Crippen LogP contribution in [0.4, 0.5) is 0 Å². The highest BCUT2D eigenvalue weighted by molar-refractivity contribution is 4.72. The van der Waals surface area contributed by atoms with E-state index in [2.05, 4.69) is 5.32 Å². The van der Waals surface area contributed by atoms with Crippen molar-refractivity contribution >= 4 is 0 Å². The number of hydrogen-bond acceptors (Lipinski definition) is 3. The zero-order valence-corrected chi connectivity index (χ0v) is 9.54. The molecule has 0 bridgehead atoms. The molecule has 0 aromatic heterocycles. The Morgan fingerprint density at radius 3 is 2.87 bits per heavy atom. The summed E-state index contributed by atoms with van der Waals surface area (Å²) in [6.45, 7) is 5.82. The van der Waals surface area contributed by atoms with Crippen LogP contribution in [0.25, 0.3) is 0 Å². The average Bonchev–Trinajstić information content (AvgIpc) is 3.09. The van der Waals surface area contributed by atoms with Crippen molar-refractivity contribution in [2.24, 2.45) is 11.8 Å². The van der Waals surface area contributed by atoms with Gasteiger partial charge in [-0.25, -0.2) is 0 Å². The highest BCUT2D eigenvalue weighted by atomic mass is 16.5. The molecule has 1 aliphatic heterocycles. The molecule has 0 amide bonds. The monoisotopic (exact) mass is 213 g/mol. The molecule has 1 heterocycles. The van der Waals surface area contributed by atoms with E-state index in [4.69, 9.17) is 9.47 Å². The van der Waals surface area contributed by atoms with Crippen molar-refractivity contribution < 1.29 is 9.47 Å². The molecular formula is C12H23NO2. The predicted octanol–water partition coefficient (Wildman–Crippen LogP) is 1.43. The van der Waals surface area contributed by atoms with Crippen LogP contribution < -0.4 is 5.32 Å². The number of rotatable bonds is 7. The van der Waals surface area contributed by atoms with E-state index in [9.17, 15) is 0 Å². The molecule has 3 heteroatoms. The lowest BCUT2D eigenvalue weighted by Crippen LogP contribution is -2.31. The third-order valence-electron chi connectivity index (χ3n) is 3.16. The van der Waals surface area contributed by atoms with Gasteiger partial charge in [0.25, 0.3) is 0 Å². The Morgan fingerprint density at radius 1 is 1.20 bits per heavy atom. The van der Waals surface area contributed by atoms with Gasteiger partial charge in [0.05, 0.1) is 13.2 Å². The minimum atomic E-state index is 0.724. The number of nitrogens with one attached hydrogen (secondary N) is 1. The zero-order valence-electron chi connectivity index (χ0n) is 9.54. The zero-order chi connectivity index (χ0) is 10.3. The van der Waals surface area contributed by atoms with Crippen LogP contribution in [0, 0.1) is 11.8 Å². The van der Waals surface area contributed by atoms with Crippen molar-refractivity contribution in [1.29, 1.82) is 0 Å². The fourth-order valence-electron chi connectivity index (χ4n) is 1.95. The van der Waals surface area contributed by atoms with Crippen molar-refractivity contribution in [2.45, 2.75) is 25.7 Å². The van der Waals surface area contributed by atoms with Crippen LogP contribution in [0.3, 0.4) is 0 Å². The first-order valence-electron chi connectivity index (χ1n) is 6.31. The standard InChI is InChI=1S/C12H23NO2/c1-2-12(10-14-6-1)8-13-5-7-15-9-11-3-4-11/h11-13H,1-10H2. The summed E-state index contributed by atoms with van der Waals surface area (Å²) in [6.07, 6.45) is 5.31. The van der Waals surface area contributed by atoms with Gasteiger partial charge in [-0.3, -0.25) is 0 Å². The smallest absolute Gasteiger partial charge is 0.0591 e. The SMILES string of the molecule is C1COCC(CNCCOCC2CC2)C1. The molecule has 1 N–H and O–H groups in total. The fourth-order valence-corrected chi connectivity index (χ4v) is 1.95. The van der Waals surface area contributed by atoms with Crippen molar-refractivity contribution in [3.05, 3.63) is 0 Å². The molecular weight excluding hydrogens is 190 g/mol. The maximum Gasteiger partial charge on any atom is 0.0591 e. The van der Waals surface area contributed by atoms with E-state index < -0.39 is 0 Å². The van der Waals surface area contributed by atoms with Gasteiger partial charge in [0.15, 0.2) is 0 Å². The van der Waals surface area contributed by atoms with Gasteiger partial charge in [-0.05, 0) is 37.5 Å². The van der Waals surface area contributed by atoms with Crippen LogP contribution >= 0.6 is 0 Å². The van der Waals surface area contributed by atoms with Crippen LogP contribution in [-0.2, 0) is 9.47 Å². The minimum Gasteiger partial charge on any atom is -0.381 e. The summed E-state index contributed by atoms with van der Waals surface area (Å²) in [7, 11) is 0. The first-order chi connectivity index (χ1) is 7.45. The number of ether oxygens (including phenoxy) is 2. The van der Waals surface area contributed by atoms with Crippen molar-refractivity contribution in [3.8, 4) is 0 Å². The van der Waals surface area contributed by atoms with Crippen LogP contribution in [0.15, 0.2) is 0 Å². The topological polar surface area (TPSA) is 30.5 Å². The third kappa shape index (κ3) is 4.96. The Bertz CT molecular complexity index is 165. The Balaban J connectivity index is 1.37. The Hall–Kier alpha value is -0.120. The van der Waals surface area contributed by atoms with Gasteiger partial charge in [0.1, 0.15) is 0 Å². The van der Waals surface area contributed by atoms with E-state index in [1.54, 1.807) is 0 Å². The summed E-state index contributed by atoms with van der Waals surface area (Å²) in [6, 6.07) is 0. The largest absolute Gasteiger partial charge is 0.381 e. The maximum absolute atomic E-state index is 5.55. The summed E-state index contributed by atoms with van der Waals surface area (Å²) < 4.78 is 11.0. The lowest BCUT2D eigenvalue weighted by atomic mass is 10.0. The molecule has 1 aliphatic carbocycles. The molecule has 2 aliphatic rings. The van der Waals surface area contributed by atoms with Gasteiger partial charge in [-0.2, -0.15) is 0 Å². The van der Waals surface area contributed by atoms with E-state index in [0.717, 1.165) is 51.4 Å².